The van der Waals surface area contributed by atoms with Crippen molar-refractivity contribution in [1.29, 1.82) is 0 Å². The van der Waals surface area contributed by atoms with Crippen molar-refractivity contribution in [3.63, 3.8) is 0 Å². The van der Waals surface area contributed by atoms with Crippen LogP contribution < -0.4 is 0 Å². The van der Waals surface area contributed by atoms with Crippen LogP contribution in [0.25, 0.3) is 0 Å². The van der Waals surface area contributed by atoms with Crippen LogP contribution in [0, 0.1) is 0 Å². The topological polar surface area (TPSA) is 43.4 Å². The summed E-state index contributed by atoms with van der Waals surface area (Å²) in [6.45, 7) is 6.52. The number of ether oxygens (including phenoxy) is 1. The van der Waals surface area contributed by atoms with Crippen LogP contribution in [0.5, 0.6) is 0 Å². The molecule has 1 fully saturated rings. The molecule has 13 heavy (non-hydrogen) atoms. The molecule has 0 aromatic carbocycles. The number of ketones is 2. The fourth-order valence-corrected chi connectivity index (χ4v) is 1.57. The number of carbonyl (C=O) groups excluding carboxylic acids is 2. The Bertz CT molecular complexity index is 233. The molecule has 0 radical (unpaired) electrons. The summed E-state index contributed by atoms with van der Waals surface area (Å²) >= 11 is 0. The van der Waals surface area contributed by atoms with E-state index < -0.39 is 11.2 Å². The number of hydrogen-bond acceptors (Lipinski definition) is 3. The van der Waals surface area contributed by atoms with Gasteiger partial charge in [-0.15, -0.1) is 0 Å². The van der Waals surface area contributed by atoms with E-state index in [0.29, 0.717) is 12.8 Å². The van der Waals surface area contributed by atoms with Gasteiger partial charge in [-0.25, -0.2) is 0 Å². The van der Waals surface area contributed by atoms with Gasteiger partial charge in [-0.1, -0.05) is 0 Å². The third kappa shape index (κ3) is 1.66. The summed E-state index contributed by atoms with van der Waals surface area (Å²) in [5.74, 6) is -0.00468. The first kappa shape index (κ1) is 10.4. The molecule has 0 aliphatic carbocycles. The summed E-state index contributed by atoms with van der Waals surface area (Å²) in [6, 6.07) is 0. The van der Waals surface area contributed by atoms with Gasteiger partial charge in [-0.2, -0.15) is 0 Å². The monoisotopic (exact) mass is 184 g/mol. The molecule has 3 nitrogen and oxygen atoms in total. The van der Waals surface area contributed by atoms with Crippen molar-refractivity contribution in [2.45, 2.75) is 51.7 Å². The summed E-state index contributed by atoms with van der Waals surface area (Å²) in [5, 5.41) is 0. The molecule has 0 spiro atoms. The van der Waals surface area contributed by atoms with Crippen molar-refractivity contribution in [3.8, 4) is 0 Å². The summed E-state index contributed by atoms with van der Waals surface area (Å²) in [4.78, 5) is 22.5. The zero-order valence-corrected chi connectivity index (χ0v) is 8.64. The zero-order chi connectivity index (χ0) is 10.3. The minimum absolute atomic E-state index is 0.00234. The second-order valence-corrected chi connectivity index (χ2v) is 4.18. The van der Waals surface area contributed by atoms with Crippen LogP contribution >= 0.6 is 0 Å². The van der Waals surface area contributed by atoms with Crippen LogP contribution in [0.15, 0.2) is 0 Å². The molecule has 0 amide bonds. The maximum absolute atomic E-state index is 11.2. The molecular weight excluding hydrogens is 168 g/mol. The average molecular weight is 184 g/mol. The Morgan fingerprint density at radius 3 is 1.46 bits per heavy atom. The predicted octanol–water partition coefficient (Wildman–Crippen LogP) is 1.49. The van der Waals surface area contributed by atoms with E-state index >= 15 is 0 Å². The smallest absolute Gasteiger partial charge is 0.161 e. The maximum Gasteiger partial charge on any atom is 0.161 e. The second-order valence-electron chi connectivity index (χ2n) is 4.18. The average Bonchev–Trinajstić information content (AvgIpc) is 2.30. The van der Waals surface area contributed by atoms with Crippen molar-refractivity contribution in [2.24, 2.45) is 0 Å². The van der Waals surface area contributed by atoms with E-state index in [-0.39, 0.29) is 11.6 Å². The summed E-state index contributed by atoms with van der Waals surface area (Å²) < 4.78 is 5.56. The summed E-state index contributed by atoms with van der Waals surface area (Å²) in [5.41, 5.74) is -1.50. The van der Waals surface area contributed by atoms with Gasteiger partial charge in [0.15, 0.2) is 11.6 Å². The van der Waals surface area contributed by atoms with Gasteiger partial charge in [-0.05, 0) is 40.5 Å². The van der Waals surface area contributed by atoms with Gasteiger partial charge < -0.3 is 4.74 Å². The first-order valence-corrected chi connectivity index (χ1v) is 4.52. The van der Waals surface area contributed by atoms with E-state index in [1.165, 1.54) is 13.8 Å². The van der Waals surface area contributed by atoms with E-state index in [4.69, 9.17) is 4.74 Å². The Kier molecular flexibility index (Phi) is 2.32. The van der Waals surface area contributed by atoms with Crippen molar-refractivity contribution >= 4 is 11.6 Å². The molecule has 0 aromatic heterocycles. The highest BCUT2D eigenvalue weighted by Crippen LogP contribution is 2.38. The van der Waals surface area contributed by atoms with Crippen molar-refractivity contribution in [3.05, 3.63) is 0 Å². The van der Waals surface area contributed by atoms with E-state index in [9.17, 15) is 9.59 Å². The third-order valence-electron chi connectivity index (χ3n) is 3.02. The minimum atomic E-state index is -0.750. The number of hydrogen-bond donors (Lipinski definition) is 0. The van der Waals surface area contributed by atoms with Gasteiger partial charge >= 0.3 is 0 Å². The highest BCUT2D eigenvalue weighted by atomic mass is 16.5. The molecular formula is C10H16O3. The number of carbonyl (C=O) groups is 2. The van der Waals surface area contributed by atoms with E-state index in [1.54, 1.807) is 13.8 Å². The van der Waals surface area contributed by atoms with Gasteiger partial charge in [-0.3, -0.25) is 9.59 Å². The fourth-order valence-electron chi connectivity index (χ4n) is 1.57. The molecule has 0 aromatic rings. The van der Waals surface area contributed by atoms with Gasteiger partial charge in [0, 0.05) is 0 Å². The fraction of sp³-hybridized carbons (Fsp3) is 0.800. The van der Waals surface area contributed by atoms with Crippen LogP contribution in [0.3, 0.4) is 0 Å². The first-order valence-electron chi connectivity index (χ1n) is 4.52. The Hall–Kier alpha value is -0.700. The molecule has 3 heteroatoms. The molecule has 2 atom stereocenters. The first-order chi connectivity index (χ1) is 5.80. The lowest BCUT2D eigenvalue weighted by molar-refractivity contribution is -0.156. The molecule has 1 rings (SSSR count). The highest BCUT2D eigenvalue weighted by molar-refractivity contribution is 5.89. The molecule has 1 saturated heterocycles. The van der Waals surface area contributed by atoms with E-state index in [0.717, 1.165) is 0 Å². The van der Waals surface area contributed by atoms with Crippen LogP contribution in [0.4, 0.5) is 0 Å². The van der Waals surface area contributed by atoms with Crippen LogP contribution in [0.1, 0.15) is 40.5 Å². The summed E-state index contributed by atoms with van der Waals surface area (Å²) in [6.07, 6.45) is 1.27. The maximum atomic E-state index is 11.2. The van der Waals surface area contributed by atoms with Crippen LogP contribution in [0.2, 0.25) is 0 Å². The Morgan fingerprint density at radius 2 is 1.31 bits per heavy atom. The highest BCUT2D eigenvalue weighted by Gasteiger charge is 2.48. The van der Waals surface area contributed by atoms with Gasteiger partial charge in [0.25, 0.3) is 0 Å². The Morgan fingerprint density at radius 1 is 1.00 bits per heavy atom. The minimum Gasteiger partial charge on any atom is -0.354 e. The molecule has 2 unspecified atom stereocenters. The van der Waals surface area contributed by atoms with Gasteiger partial charge in [0.05, 0.1) is 0 Å². The predicted molar refractivity (Wildman–Crippen MR) is 48.5 cm³/mol. The lowest BCUT2D eigenvalue weighted by atomic mass is 9.94. The van der Waals surface area contributed by atoms with E-state index in [2.05, 4.69) is 0 Å². The molecule has 0 saturated carbocycles. The van der Waals surface area contributed by atoms with Crippen molar-refractivity contribution in [2.75, 3.05) is 0 Å². The zero-order valence-electron chi connectivity index (χ0n) is 8.64. The largest absolute Gasteiger partial charge is 0.354 e. The normalized spacial score (nSPS) is 39.1. The number of rotatable bonds is 2. The van der Waals surface area contributed by atoms with Crippen molar-refractivity contribution < 1.29 is 14.3 Å². The standard InChI is InChI=1S/C10H16O3/c1-7(11)9(3)5-6-10(4,13-9)8(2)12/h5-6H2,1-4H3. The Balaban J connectivity index is 2.85. The van der Waals surface area contributed by atoms with Crippen molar-refractivity contribution in [1.82, 2.24) is 0 Å². The van der Waals surface area contributed by atoms with Gasteiger partial charge in [0.1, 0.15) is 11.2 Å². The van der Waals surface area contributed by atoms with Gasteiger partial charge in [0.2, 0.25) is 0 Å². The molecule has 74 valence electrons. The van der Waals surface area contributed by atoms with E-state index in [1.807, 2.05) is 0 Å². The quantitative estimate of drug-likeness (QED) is 0.653. The molecule has 1 aliphatic heterocycles. The van der Waals surface area contributed by atoms with Crippen LogP contribution in [-0.4, -0.2) is 22.8 Å². The lowest BCUT2D eigenvalue weighted by Crippen LogP contribution is -2.40. The third-order valence-corrected chi connectivity index (χ3v) is 3.02. The van der Waals surface area contributed by atoms with Crippen LogP contribution in [-0.2, 0) is 14.3 Å². The molecule has 0 N–H and O–H groups in total. The lowest BCUT2D eigenvalue weighted by Gasteiger charge is -2.26. The Labute approximate surface area is 78.5 Å². The molecule has 0 bridgehead atoms. The summed E-state index contributed by atoms with van der Waals surface area (Å²) in [7, 11) is 0. The molecule has 1 aliphatic rings. The second kappa shape index (κ2) is 2.91. The number of Topliss-reactive ketones (excluding diaryl/α,β-unsaturated/α-hetero) is 2. The SMILES string of the molecule is CC(=O)C1(C)CCC(C)(C(C)=O)O1. The molecule has 1 heterocycles.